The molecular formula is C16H18F2N2O3. The van der Waals surface area contributed by atoms with Crippen LogP contribution in [0.4, 0.5) is 14.5 Å². The maximum atomic E-state index is 15.1. The molecule has 1 amide bonds. The van der Waals surface area contributed by atoms with E-state index >= 15 is 4.39 Å². The first kappa shape index (κ1) is 15.9. The Morgan fingerprint density at radius 3 is 2.74 bits per heavy atom. The van der Waals surface area contributed by atoms with Crippen LogP contribution in [0.25, 0.3) is 0 Å². The quantitative estimate of drug-likeness (QED) is 0.902. The Morgan fingerprint density at radius 2 is 2.09 bits per heavy atom. The van der Waals surface area contributed by atoms with E-state index in [1.165, 1.54) is 17.9 Å². The molecule has 2 aliphatic heterocycles. The van der Waals surface area contributed by atoms with Crippen molar-refractivity contribution >= 4 is 17.6 Å². The highest BCUT2D eigenvalue weighted by molar-refractivity contribution is 6.03. The number of rotatable bonds is 2. The Bertz CT molecular complexity index is 694. The van der Waals surface area contributed by atoms with Gasteiger partial charge in [-0.25, -0.2) is 13.6 Å². The van der Waals surface area contributed by atoms with Gasteiger partial charge in [0.25, 0.3) is 5.91 Å². The Hall–Kier alpha value is -2.02. The van der Waals surface area contributed by atoms with E-state index in [1.54, 1.807) is 0 Å². The molecule has 0 spiro atoms. The molecule has 7 heteroatoms. The number of piperidine rings is 1. The molecular weight excluding hydrogens is 306 g/mol. The number of carbonyl (C=O) groups is 2. The van der Waals surface area contributed by atoms with Gasteiger partial charge in [0.1, 0.15) is 5.82 Å². The highest BCUT2D eigenvalue weighted by Crippen LogP contribution is 2.41. The lowest BCUT2D eigenvalue weighted by atomic mass is 9.85. The first-order valence-electron chi connectivity index (χ1n) is 7.47. The molecule has 5 nitrogen and oxygen atoms in total. The number of carbonyl (C=O) groups excluding carboxylic acids is 1. The van der Waals surface area contributed by atoms with E-state index in [4.69, 9.17) is 5.11 Å². The van der Waals surface area contributed by atoms with E-state index in [0.717, 1.165) is 6.07 Å². The fraction of sp³-hybridized carbons (Fsp3) is 0.500. The minimum Gasteiger partial charge on any atom is -0.478 e. The van der Waals surface area contributed by atoms with E-state index in [9.17, 15) is 14.0 Å². The van der Waals surface area contributed by atoms with Crippen molar-refractivity contribution in [3.8, 4) is 0 Å². The lowest BCUT2D eigenvalue weighted by molar-refractivity contribution is -0.131. The predicted molar refractivity (Wildman–Crippen MR) is 79.9 cm³/mol. The summed E-state index contributed by atoms with van der Waals surface area (Å²) in [4.78, 5) is 26.9. The van der Waals surface area contributed by atoms with Crippen LogP contribution in [0.3, 0.4) is 0 Å². The Kier molecular flexibility index (Phi) is 3.63. The van der Waals surface area contributed by atoms with Crippen molar-refractivity contribution in [1.29, 1.82) is 0 Å². The molecule has 2 aliphatic rings. The van der Waals surface area contributed by atoms with Gasteiger partial charge in [0, 0.05) is 37.7 Å². The third-order valence-electron chi connectivity index (χ3n) is 4.91. The van der Waals surface area contributed by atoms with Gasteiger partial charge in [0.05, 0.1) is 5.56 Å². The van der Waals surface area contributed by atoms with E-state index < -0.39 is 29.3 Å². The van der Waals surface area contributed by atoms with E-state index in [1.807, 2.05) is 11.9 Å². The minimum absolute atomic E-state index is 0.00000682. The smallest absolute Gasteiger partial charge is 0.336 e. The van der Waals surface area contributed by atoms with Crippen molar-refractivity contribution < 1.29 is 23.5 Å². The average molecular weight is 324 g/mol. The van der Waals surface area contributed by atoms with Crippen LogP contribution >= 0.6 is 0 Å². The van der Waals surface area contributed by atoms with Gasteiger partial charge in [-0.2, -0.15) is 0 Å². The van der Waals surface area contributed by atoms with Crippen molar-refractivity contribution in [2.75, 3.05) is 31.6 Å². The van der Waals surface area contributed by atoms with Crippen LogP contribution in [0.15, 0.2) is 12.1 Å². The summed E-state index contributed by atoms with van der Waals surface area (Å²) in [6, 6.07) is 2.34. The number of amides is 1. The number of hydrogen-bond donors (Lipinski definition) is 1. The van der Waals surface area contributed by atoms with Crippen LogP contribution in [0.2, 0.25) is 0 Å². The lowest BCUT2D eigenvalue weighted by Crippen LogP contribution is -2.49. The van der Waals surface area contributed by atoms with Crippen LogP contribution in [-0.2, 0) is 4.79 Å². The van der Waals surface area contributed by atoms with Gasteiger partial charge < -0.3 is 14.9 Å². The Morgan fingerprint density at radius 1 is 1.39 bits per heavy atom. The van der Waals surface area contributed by atoms with Crippen molar-refractivity contribution in [1.82, 2.24) is 4.90 Å². The van der Waals surface area contributed by atoms with Gasteiger partial charge in [-0.05, 0) is 31.7 Å². The van der Waals surface area contributed by atoms with Crippen LogP contribution in [0.5, 0.6) is 0 Å². The maximum absolute atomic E-state index is 15.1. The molecule has 0 bridgehead atoms. The van der Waals surface area contributed by atoms with E-state index in [-0.39, 0.29) is 29.8 Å². The summed E-state index contributed by atoms with van der Waals surface area (Å²) in [5.74, 6) is -3.18. The summed E-state index contributed by atoms with van der Waals surface area (Å²) in [7, 11) is 1.86. The number of nitrogens with zero attached hydrogens (tertiary/aromatic N) is 2. The van der Waals surface area contributed by atoms with E-state index in [0.29, 0.717) is 13.1 Å². The Balaban J connectivity index is 2.00. The fourth-order valence-electron chi connectivity index (χ4n) is 3.45. The molecule has 2 heterocycles. The molecule has 2 atom stereocenters. The first-order valence-corrected chi connectivity index (χ1v) is 7.47. The zero-order valence-corrected chi connectivity index (χ0v) is 13.0. The van der Waals surface area contributed by atoms with Crippen molar-refractivity contribution in [3.05, 3.63) is 29.1 Å². The summed E-state index contributed by atoms with van der Waals surface area (Å²) in [5.41, 5.74) is -2.06. The highest BCUT2D eigenvalue weighted by atomic mass is 19.1. The summed E-state index contributed by atoms with van der Waals surface area (Å²) < 4.78 is 29.1. The van der Waals surface area contributed by atoms with Crippen molar-refractivity contribution in [2.24, 2.45) is 5.92 Å². The number of likely N-dealkylation sites (tertiary alicyclic amines) is 1. The molecule has 0 aromatic heterocycles. The normalized spacial score (nSPS) is 28.1. The van der Waals surface area contributed by atoms with Crippen LogP contribution in [-0.4, -0.2) is 54.2 Å². The summed E-state index contributed by atoms with van der Waals surface area (Å²) in [6.45, 7) is 2.41. The lowest BCUT2D eigenvalue weighted by Gasteiger charge is -2.34. The van der Waals surface area contributed by atoms with Gasteiger partial charge in [0.15, 0.2) is 5.67 Å². The second-order valence-electron chi connectivity index (χ2n) is 6.39. The van der Waals surface area contributed by atoms with E-state index in [2.05, 4.69) is 0 Å². The van der Waals surface area contributed by atoms with Crippen LogP contribution < -0.4 is 4.90 Å². The van der Waals surface area contributed by atoms with Gasteiger partial charge in [-0.1, -0.05) is 0 Å². The number of benzene rings is 1. The second kappa shape index (κ2) is 5.26. The SMILES string of the molecule is Cc1c(F)cc(N2C[C@@H]3CN(C)CC[C@]3(F)C2=O)cc1C(=O)O. The highest BCUT2D eigenvalue weighted by Gasteiger charge is 2.57. The first-order chi connectivity index (χ1) is 10.7. The standard InChI is InChI=1S/C16H18F2N2O3/c1-9-12(14(21)22)5-11(6-13(9)17)20-8-10-7-19(2)4-3-16(10,18)15(20)23/h5-6,10H,3-4,7-8H2,1-2H3,(H,21,22)/t10-,16+/m0/s1. The van der Waals surface area contributed by atoms with Gasteiger partial charge in [0.2, 0.25) is 0 Å². The molecule has 0 radical (unpaired) electrons. The van der Waals surface area contributed by atoms with Gasteiger partial charge in [-0.15, -0.1) is 0 Å². The van der Waals surface area contributed by atoms with Crippen molar-refractivity contribution in [2.45, 2.75) is 19.0 Å². The number of carboxylic acids is 1. The molecule has 3 rings (SSSR count). The third-order valence-corrected chi connectivity index (χ3v) is 4.91. The zero-order valence-electron chi connectivity index (χ0n) is 13.0. The molecule has 1 N–H and O–H groups in total. The summed E-state index contributed by atoms with van der Waals surface area (Å²) >= 11 is 0. The molecule has 2 fully saturated rings. The van der Waals surface area contributed by atoms with Crippen molar-refractivity contribution in [3.63, 3.8) is 0 Å². The van der Waals surface area contributed by atoms with Crippen LogP contribution in [0, 0.1) is 18.7 Å². The number of anilines is 1. The third kappa shape index (κ3) is 2.39. The second-order valence-corrected chi connectivity index (χ2v) is 6.39. The molecule has 2 saturated heterocycles. The molecule has 1 aromatic rings. The topological polar surface area (TPSA) is 60.9 Å². The molecule has 23 heavy (non-hydrogen) atoms. The minimum atomic E-state index is -1.95. The number of aromatic carboxylic acids is 1. The fourth-order valence-corrected chi connectivity index (χ4v) is 3.45. The molecule has 124 valence electrons. The van der Waals surface area contributed by atoms with Crippen LogP contribution in [0.1, 0.15) is 22.3 Å². The molecule has 0 unspecified atom stereocenters. The maximum Gasteiger partial charge on any atom is 0.336 e. The van der Waals surface area contributed by atoms with Gasteiger partial charge >= 0.3 is 5.97 Å². The molecule has 0 aliphatic carbocycles. The number of hydrogen-bond acceptors (Lipinski definition) is 3. The molecule has 0 saturated carbocycles. The summed E-state index contributed by atoms with van der Waals surface area (Å²) in [5, 5.41) is 9.16. The Labute approximate surface area is 132 Å². The summed E-state index contributed by atoms with van der Waals surface area (Å²) in [6.07, 6.45) is 0.101. The number of halogens is 2. The number of carboxylic acid groups (broad SMARTS) is 1. The largest absolute Gasteiger partial charge is 0.478 e. The predicted octanol–water partition coefficient (Wildman–Crippen LogP) is 1.84. The number of alkyl halides is 1. The zero-order chi connectivity index (χ0) is 16.9. The van der Waals surface area contributed by atoms with Gasteiger partial charge in [-0.3, -0.25) is 4.79 Å². The molecule has 1 aromatic carbocycles. The average Bonchev–Trinajstić information content (AvgIpc) is 2.74. The number of fused-ring (bicyclic) bond motifs is 1. The monoisotopic (exact) mass is 324 g/mol.